The van der Waals surface area contributed by atoms with E-state index in [0.717, 1.165) is 37.3 Å². The standard InChI is InChI=1S/C23H29N3O4S/c1-4-30-22(29)18-15(2)19(20(24)28)31-21(18)25-17(27)13-26-12-8-11-23(3,14-26)16-9-6-5-7-10-16/h5-7,9-10H,4,8,11-14H2,1-3H3,(H2,24,28)(H,25,27). The van der Waals surface area contributed by atoms with Crippen molar-refractivity contribution < 1.29 is 19.1 Å². The van der Waals surface area contributed by atoms with Crippen molar-refractivity contribution in [3.63, 3.8) is 0 Å². The highest BCUT2D eigenvalue weighted by molar-refractivity contribution is 7.18. The van der Waals surface area contributed by atoms with Gasteiger partial charge in [0.2, 0.25) is 5.91 Å². The quantitative estimate of drug-likeness (QED) is 0.639. The van der Waals surface area contributed by atoms with Crippen molar-refractivity contribution in [2.75, 3.05) is 31.6 Å². The van der Waals surface area contributed by atoms with Gasteiger partial charge in [0.1, 0.15) is 5.00 Å². The molecule has 3 N–H and O–H groups in total. The molecule has 2 amide bonds. The van der Waals surface area contributed by atoms with E-state index in [1.165, 1.54) is 5.56 Å². The summed E-state index contributed by atoms with van der Waals surface area (Å²) < 4.78 is 5.10. The summed E-state index contributed by atoms with van der Waals surface area (Å²) >= 11 is 1.01. The van der Waals surface area contributed by atoms with Crippen LogP contribution in [0.1, 0.15) is 57.8 Å². The van der Waals surface area contributed by atoms with E-state index < -0.39 is 11.9 Å². The number of nitrogens with two attached hydrogens (primary N) is 1. The van der Waals surface area contributed by atoms with Crippen LogP contribution in [0, 0.1) is 6.92 Å². The number of benzene rings is 1. The van der Waals surface area contributed by atoms with Gasteiger partial charge in [0.25, 0.3) is 5.91 Å². The van der Waals surface area contributed by atoms with Gasteiger partial charge >= 0.3 is 5.97 Å². The van der Waals surface area contributed by atoms with Crippen LogP contribution < -0.4 is 11.1 Å². The van der Waals surface area contributed by atoms with Crippen LogP contribution in [-0.4, -0.2) is 48.9 Å². The number of carbonyl (C=O) groups is 3. The van der Waals surface area contributed by atoms with Crippen molar-refractivity contribution in [1.29, 1.82) is 0 Å². The van der Waals surface area contributed by atoms with E-state index in [1.807, 2.05) is 18.2 Å². The van der Waals surface area contributed by atoms with Gasteiger partial charge < -0.3 is 15.8 Å². The zero-order valence-corrected chi connectivity index (χ0v) is 19.0. The number of thiophene rings is 1. The molecule has 1 aliphatic rings. The molecular formula is C23H29N3O4S. The van der Waals surface area contributed by atoms with Crippen LogP contribution in [-0.2, 0) is 14.9 Å². The Balaban J connectivity index is 1.74. The largest absolute Gasteiger partial charge is 0.462 e. The van der Waals surface area contributed by atoms with Gasteiger partial charge in [-0.1, -0.05) is 37.3 Å². The molecule has 2 aromatic rings. The number of hydrogen-bond donors (Lipinski definition) is 2. The van der Waals surface area contributed by atoms with Gasteiger partial charge in [-0.2, -0.15) is 0 Å². The van der Waals surface area contributed by atoms with E-state index in [9.17, 15) is 14.4 Å². The first-order chi connectivity index (χ1) is 14.7. The van der Waals surface area contributed by atoms with Crippen molar-refractivity contribution in [2.24, 2.45) is 5.73 Å². The van der Waals surface area contributed by atoms with Crippen LogP contribution in [0.25, 0.3) is 0 Å². The fourth-order valence-electron chi connectivity index (χ4n) is 4.21. The number of primary amides is 1. The number of piperidine rings is 1. The summed E-state index contributed by atoms with van der Waals surface area (Å²) in [6, 6.07) is 10.4. The molecule has 1 aromatic carbocycles. The normalized spacial score (nSPS) is 19.1. The molecule has 0 spiro atoms. The highest BCUT2D eigenvalue weighted by Gasteiger charge is 2.33. The molecule has 31 heavy (non-hydrogen) atoms. The third-order valence-corrected chi connectivity index (χ3v) is 6.94. The van der Waals surface area contributed by atoms with Gasteiger partial charge in [-0.3, -0.25) is 14.5 Å². The number of nitrogens with one attached hydrogen (secondary N) is 1. The van der Waals surface area contributed by atoms with E-state index in [2.05, 4.69) is 29.3 Å². The minimum absolute atomic E-state index is 0.0193. The van der Waals surface area contributed by atoms with Crippen LogP contribution in [0.3, 0.4) is 0 Å². The highest BCUT2D eigenvalue weighted by Crippen LogP contribution is 2.35. The molecule has 1 atom stereocenters. The average Bonchev–Trinajstić information content (AvgIpc) is 3.05. The maximum absolute atomic E-state index is 12.8. The van der Waals surface area contributed by atoms with Gasteiger partial charge in [0, 0.05) is 12.0 Å². The number of esters is 1. The van der Waals surface area contributed by atoms with Crippen LogP contribution in [0.4, 0.5) is 5.00 Å². The Morgan fingerprint density at radius 2 is 1.97 bits per heavy atom. The van der Waals surface area contributed by atoms with E-state index in [1.54, 1.807) is 13.8 Å². The molecule has 0 saturated carbocycles. The predicted octanol–water partition coefficient (Wildman–Crippen LogP) is 3.32. The molecule has 0 radical (unpaired) electrons. The summed E-state index contributed by atoms with van der Waals surface area (Å²) in [6.45, 7) is 7.56. The van der Waals surface area contributed by atoms with Crippen LogP contribution >= 0.6 is 11.3 Å². The van der Waals surface area contributed by atoms with Gasteiger partial charge in [-0.15, -0.1) is 11.3 Å². The lowest BCUT2D eigenvalue weighted by molar-refractivity contribution is -0.117. The van der Waals surface area contributed by atoms with Crippen molar-refractivity contribution in [2.45, 2.75) is 39.0 Å². The molecule has 1 aromatic heterocycles. The molecule has 1 fully saturated rings. The number of hydrogen-bond acceptors (Lipinski definition) is 6. The second kappa shape index (κ2) is 9.62. The van der Waals surface area contributed by atoms with E-state index in [4.69, 9.17) is 10.5 Å². The first kappa shape index (κ1) is 23.0. The second-order valence-corrected chi connectivity index (χ2v) is 9.15. The maximum atomic E-state index is 12.8. The number of amides is 2. The minimum Gasteiger partial charge on any atom is -0.462 e. The van der Waals surface area contributed by atoms with E-state index in [0.29, 0.717) is 10.6 Å². The monoisotopic (exact) mass is 443 g/mol. The highest BCUT2D eigenvalue weighted by atomic mass is 32.1. The first-order valence-corrected chi connectivity index (χ1v) is 11.2. The van der Waals surface area contributed by atoms with Crippen LogP contribution in [0.15, 0.2) is 30.3 Å². The molecule has 3 rings (SSSR count). The molecule has 166 valence electrons. The van der Waals surface area contributed by atoms with Gasteiger partial charge in [0.15, 0.2) is 0 Å². The summed E-state index contributed by atoms with van der Waals surface area (Å²) in [5.41, 5.74) is 7.31. The average molecular weight is 444 g/mol. The fourth-order valence-corrected chi connectivity index (χ4v) is 5.27. The Morgan fingerprint density at radius 1 is 1.26 bits per heavy atom. The third-order valence-electron chi connectivity index (χ3n) is 5.72. The summed E-state index contributed by atoms with van der Waals surface area (Å²) in [5.74, 6) is -1.45. The summed E-state index contributed by atoms with van der Waals surface area (Å²) in [6.07, 6.45) is 2.06. The molecule has 7 nitrogen and oxygen atoms in total. The number of carbonyl (C=O) groups excluding carboxylic acids is 3. The van der Waals surface area contributed by atoms with Crippen molar-refractivity contribution in [3.8, 4) is 0 Å². The molecule has 1 aliphatic heterocycles. The Hall–Kier alpha value is -2.71. The van der Waals surface area contributed by atoms with Gasteiger partial charge in [0.05, 0.1) is 23.6 Å². The lowest BCUT2D eigenvalue weighted by atomic mass is 9.76. The van der Waals surface area contributed by atoms with E-state index >= 15 is 0 Å². The van der Waals surface area contributed by atoms with Crippen molar-refractivity contribution >= 4 is 34.1 Å². The molecular weight excluding hydrogens is 414 g/mol. The summed E-state index contributed by atoms with van der Waals surface area (Å²) in [4.78, 5) is 39.4. The lowest BCUT2D eigenvalue weighted by Gasteiger charge is -2.40. The molecule has 0 aliphatic carbocycles. The SMILES string of the molecule is CCOC(=O)c1c(NC(=O)CN2CCCC(C)(c3ccccc3)C2)sc(C(N)=O)c1C. The first-order valence-electron chi connectivity index (χ1n) is 10.4. The molecule has 8 heteroatoms. The number of rotatable bonds is 7. The summed E-state index contributed by atoms with van der Waals surface area (Å²) in [7, 11) is 0. The third kappa shape index (κ3) is 5.14. The second-order valence-electron chi connectivity index (χ2n) is 8.13. The van der Waals surface area contributed by atoms with Gasteiger partial charge in [-0.25, -0.2) is 4.79 Å². The summed E-state index contributed by atoms with van der Waals surface area (Å²) in [5, 5.41) is 3.11. The fraction of sp³-hybridized carbons (Fsp3) is 0.435. The predicted molar refractivity (Wildman–Crippen MR) is 122 cm³/mol. The smallest absolute Gasteiger partial charge is 0.341 e. The number of nitrogens with zero attached hydrogens (tertiary/aromatic N) is 1. The van der Waals surface area contributed by atoms with E-state index in [-0.39, 0.29) is 34.9 Å². The zero-order chi connectivity index (χ0) is 22.6. The van der Waals surface area contributed by atoms with Crippen LogP contribution in [0.2, 0.25) is 0 Å². The number of likely N-dealkylation sites (tertiary alicyclic amines) is 1. The Kier molecular flexibility index (Phi) is 7.12. The lowest BCUT2D eigenvalue weighted by Crippen LogP contribution is -2.47. The maximum Gasteiger partial charge on any atom is 0.341 e. The molecule has 1 unspecified atom stereocenters. The minimum atomic E-state index is -0.636. The Bertz CT molecular complexity index is 973. The Morgan fingerprint density at radius 3 is 2.61 bits per heavy atom. The number of ether oxygens (including phenoxy) is 1. The van der Waals surface area contributed by atoms with Crippen LogP contribution in [0.5, 0.6) is 0 Å². The van der Waals surface area contributed by atoms with Gasteiger partial charge in [-0.05, 0) is 44.4 Å². The molecule has 2 heterocycles. The van der Waals surface area contributed by atoms with Crippen molar-refractivity contribution in [1.82, 2.24) is 4.90 Å². The zero-order valence-electron chi connectivity index (χ0n) is 18.2. The van der Waals surface area contributed by atoms with Crippen molar-refractivity contribution in [3.05, 3.63) is 51.9 Å². The molecule has 1 saturated heterocycles. The molecule has 0 bridgehead atoms. The number of anilines is 1. The topological polar surface area (TPSA) is 102 Å². The Labute approximate surface area is 186 Å².